The van der Waals surface area contributed by atoms with Crippen molar-refractivity contribution in [3.8, 4) is 0 Å². The quantitative estimate of drug-likeness (QED) is 0.861. The van der Waals surface area contributed by atoms with Crippen molar-refractivity contribution >= 4 is 17.5 Å². The Morgan fingerprint density at radius 2 is 2.17 bits per heavy atom. The Kier molecular flexibility index (Phi) is 4.14. The maximum absolute atomic E-state index is 13.0. The summed E-state index contributed by atoms with van der Waals surface area (Å²) >= 11 is 5.69. The van der Waals surface area contributed by atoms with Crippen LogP contribution in [0.5, 0.6) is 0 Å². The van der Waals surface area contributed by atoms with Crippen molar-refractivity contribution in [1.82, 2.24) is 5.32 Å². The molecule has 1 aromatic carbocycles. The van der Waals surface area contributed by atoms with Crippen LogP contribution in [0.25, 0.3) is 0 Å². The highest BCUT2D eigenvalue weighted by Crippen LogP contribution is 2.20. The van der Waals surface area contributed by atoms with Gasteiger partial charge in [0.15, 0.2) is 11.6 Å². The Balaban J connectivity index is 2.01. The molecule has 1 atom stereocenters. The van der Waals surface area contributed by atoms with Gasteiger partial charge in [-0.1, -0.05) is 11.6 Å². The molecule has 0 aromatic heterocycles. The molecule has 1 aromatic rings. The van der Waals surface area contributed by atoms with E-state index in [0.717, 1.165) is 25.0 Å². The molecule has 0 spiro atoms. The van der Waals surface area contributed by atoms with Gasteiger partial charge in [-0.25, -0.2) is 8.78 Å². The summed E-state index contributed by atoms with van der Waals surface area (Å²) in [7, 11) is 0. The van der Waals surface area contributed by atoms with Crippen molar-refractivity contribution in [3.05, 3.63) is 34.4 Å². The van der Waals surface area contributed by atoms with Crippen molar-refractivity contribution in [2.45, 2.75) is 18.9 Å². The average Bonchev–Trinajstić information content (AvgIpc) is 2.84. The van der Waals surface area contributed by atoms with Gasteiger partial charge in [0.1, 0.15) is 0 Å². The zero-order valence-corrected chi connectivity index (χ0v) is 10.3. The van der Waals surface area contributed by atoms with Gasteiger partial charge in [-0.15, -0.1) is 0 Å². The minimum absolute atomic E-state index is 0.0157. The maximum Gasteiger partial charge on any atom is 0.252 e. The van der Waals surface area contributed by atoms with E-state index in [1.54, 1.807) is 0 Å². The molecular weight excluding hydrogens is 264 g/mol. The smallest absolute Gasteiger partial charge is 0.252 e. The predicted octanol–water partition coefficient (Wildman–Crippen LogP) is 2.53. The van der Waals surface area contributed by atoms with E-state index >= 15 is 0 Å². The van der Waals surface area contributed by atoms with Gasteiger partial charge in [0.05, 0.1) is 16.7 Å². The summed E-state index contributed by atoms with van der Waals surface area (Å²) in [5.41, 5.74) is -0.0754. The van der Waals surface area contributed by atoms with Gasteiger partial charge < -0.3 is 10.1 Å². The zero-order valence-electron chi connectivity index (χ0n) is 9.51. The highest BCUT2D eigenvalue weighted by molar-refractivity contribution is 6.33. The van der Waals surface area contributed by atoms with Gasteiger partial charge >= 0.3 is 0 Å². The fourth-order valence-corrected chi connectivity index (χ4v) is 2.04. The first-order valence-corrected chi connectivity index (χ1v) is 6.00. The van der Waals surface area contributed by atoms with Gasteiger partial charge in [0.25, 0.3) is 5.91 Å². The molecule has 0 saturated carbocycles. The van der Waals surface area contributed by atoms with Crippen LogP contribution in [0.3, 0.4) is 0 Å². The van der Waals surface area contributed by atoms with E-state index in [1.807, 2.05) is 0 Å². The normalized spacial score (nSPS) is 18.9. The lowest BCUT2D eigenvalue weighted by Crippen LogP contribution is -2.32. The molecule has 3 nitrogen and oxygen atoms in total. The van der Waals surface area contributed by atoms with Gasteiger partial charge in [-0.2, -0.15) is 0 Å². The van der Waals surface area contributed by atoms with E-state index in [9.17, 15) is 13.6 Å². The van der Waals surface area contributed by atoms with Crippen LogP contribution in [-0.2, 0) is 4.74 Å². The molecule has 0 unspecified atom stereocenters. The van der Waals surface area contributed by atoms with Crippen LogP contribution in [0, 0.1) is 11.6 Å². The standard InChI is InChI=1S/C12H12ClF2NO2/c13-9-5-11(15)10(14)4-8(9)12(17)16-6-7-2-1-3-18-7/h4-5,7H,1-3,6H2,(H,16,17)/t7-/m0/s1. The van der Waals surface area contributed by atoms with Crippen LogP contribution >= 0.6 is 11.6 Å². The number of carbonyl (C=O) groups excluding carboxylic acids is 1. The number of hydrogen-bond donors (Lipinski definition) is 1. The maximum atomic E-state index is 13.0. The van der Waals surface area contributed by atoms with Crippen molar-refractivity contribution in [2.75, 3.05) is 13.2 Å². The second kappa shape index (κ2) is 5.63. The largest absolute Gasteiger partial charge is 0.376 e. The van der Waals surface area contributed by atoms with E-state index in [2.05, 4.69) is 5.32 Å². The van der Waals surface area contributed by atoms with E-state index in [1.165, 1.54) is 0 Å². The molecule has 1 aliphatic heterocycles. The molecule has 1 saturated heterocycles. The van der Waals surface area contributed by atoms with Gasteiger partial charge in [-0.3, -0.25) is 4.79 Å². The molecule has 1 fully saturated rings. The molecule has 1 heterocycles. The summed E-state index contributed by atoms with van der Waals surface area (Å²) in [5, 5.41) is 2.48. The van der Waals surface area contributed by atoms with Gasteiger partial charge in [0.2, 0.25) is 0 Å². The average molecular weight is 276 g/mol. The number of carbonyl (C=O) groups is 1. The topological polar surface area (TPSA) is 38.3 Å². The Morgan fingerprint density at radius 1 is 1.44 bits per heavy atom. The van der Waals surface area contributed by atoms with Crippen LogP contribution in [0.4, 0.5) is 8.78 Å². The second-order valence-electron chi connectivity index (χ2n) is 4.09. The first-order valence-electron chi connectivity index (χ1n) is 5.62. The van der Waals surface area contributed by atoms with Crippen LogP contribution in [-0.4, -0.2) is 25.2 Å². The lowest BCUT2D eigenvalue weighted by atomic mass is 10.2. The van der Waals surface area contributed by atoms with Gasteiger partial charge in [0, 0.05) is 13.2 Å². The number of halogens is 3. The predicted molar refractivity (Wildman–Crippen MR) is 62.7 cm³/mol. The first-order chi connectivity index (χ1) is 8.58. The highest BCUT2D eigenvalue weighted by atomic mass is 35.5. The number of benzene rings is 1. The highest BCUT2D eigenvalue weighted by Gasteiger charge is 2.19. The summed E-state index contributed by atoms with van der Waals surface area (Å²) in [5.74, 6) is -2.70. The summed E-state index contributed by atoms with van der Waals surface area (Å²) in [6.07, 6.45) is 1.83. The third kappa shape index (κ3) is 2.97. The number of hydrogen-bond acceptors (Lipinski definition) is 2. The summed E-state index contributed by atoms with van der Waals surface area (Å²) < 4.78 is 31.2. The molecule has 1 amide bonds. The van der Waals surface area contributed by atoms with Crippen molar-refractivity contribution in [3.63, 3.8) is 0 Å². The Labute approximate surface area is 108 Å². The Hall–Kier alpha value is -1.20. The second-order valence-corrected chi connectivity index (χ2v) is 4.50. The van der Waals surface area contributed by atoms with E-state index in [-0.39, 0.29) is 16.7 Å². The van der Waals surface area contributed by atoms with E-state index in [4.69, 9.17) is 16.3 Å². The summed E-state index contributed by atoms with van der Waals surface area (Å²) in [6, 6.07) is 1.58. The molecule has 0 bridgehead atoms. The molecule has 18 heavy (non-hydrogen) atoms. The van der Waals surface area contributed by atoms with Crippen molar-refractivity contribution in [1.29, 1.82) is 0 Å². The SMILES string of the molecule is O=C(NC[C@@H]1CCCO1)c1cc(F)c(F)cc1Cl. The number of amides is 1. The lowest BCUT2D eigenvalue weighted by molar-refractivity contribution is 0.0857. The summed E-state index contributed by atoms with van der Waals surface area (Å²) in [4.78, 5) is 11.7. The molecule has 98 valence electrons. The molecule has 6 heteroatoms. The fourth-order valence-electron chi connectivity index (χ4n) is 1.80. The van der Waals surface area contributed by atoms with E-state index in [0.29, 0.717) is 13.2 Å². The minimum Gasteiger partial charge on any atom is -0.376 e. The number of rotatable bonds is 3. The number of nitrogens with one attached hydrogen (secondary N) is 1. The first kappa shape index (κ1) is 13.2. The van der Waals surface area contributed by atoms with Crippen molar-refractivity contribution < 1.29 is 18.3 Å². The third-order valence-electron chi connectivity index (χ3n) is 2.77. The molecule has 1 aliphatic rings. The fraction of sp³-hybridized carbons (Fsp3) is 0.417. The molecule has 0 radical (unpaired) electrons. The van der Waals surface area contributed by atoms with Crippen LogP contribution < -0.4 is 5.32 Å². The van der Waals surface area contributed by atoms with Gasteiger partial charge in [-0.05, 0) is 25.0 Å². The molecule has 2 rings (SSSR count). The zero-order chi connectivity index (χ0) is 13.1. The molecular formula is C12H12ClF2NO2. The van der Waals surface area contributed by atoms with Crippen LogP contribution in [0.2, 0.25) is 5.02 Å². The third-order valence-corrected chi connectivity index (χ3v) is 3.08. The monoisotopic (exact) mass is 275 g/mol. The van der Waals surface area contributed by atoms with Crippen molar-refractivity contribution in [2.24, 2.45) is 0 Å². The molecule has 1 N–H and O–H groups in total. The van der Waals surface area contributed by atoms with Crippen LogP contribution in [0.15, 0.2) is 12.1 Å². The lowest BCUT2D eigenvalue weighted by Gasteiger charge is -2.11. The number of ether oxygens (including phenoxy) is 1. The Morgan fingerprint density at radius 3 is 2.83 bits per heavy atom. The molecule has 0 aliphatic carbocycles. The minimum atomic E-state index is -1.10. The summed E-state index contributed by atoms with van der Waals surface area (Å²) in [6.45, 7) is 1.03. The van der Waals surface area contributed by atoms with E-state index < -0.39 is 17.5 Å². The Bertz CT molecular complexity index is 462. The van der Waals surface area contributed by atoms with Crippen LogP contribution in [0.1, 0.15) is 23.2 Å².